The first-order valence-corrected chi connectivity index (χ1v) is 7.13. The van der Waals surface area contributed by atoms with E-state index in [1.54, 1.807) is 20.8 Å². The molecule has 17 heavy (non-hydrogen) atoms. The van der Waals surface area contributed by atoms with Gasteiger partial charge in [0.2, 0.25) is 0 Å². The van der Waals surface area contributed by atoms with Crippen molar-refractivity contribution in [1.29, 1.82) is 0 Å². The number of hydrogen-bond acceptors (Lipinski definition) is 8. The third kappa shape index (κ3) is 7.75. The highest BCUT2D eigenvalue weighted by atomic mass is 28.4. The second kappa shape index (κ2) is 11.0. The van der Waals surface area contributed by atoms with Gasteiger partial charge in [0, 0.05) is 6.54 Å². The van der Waals surface area contributed by atoms with Crippen LogP contribution in [-0.4, -0.2) is 42.0 Å². The molecule has 0 aliphatic rings. The van der Waals surface area contributed by atoms with Gasteiger partial charge < -0.3 is 10.2 Å². The topological polar surface area (TPSA) is 90.6 Å². The summed E-state index contributed by atoms with van der Waals surface area (Å²) in [5, 5.41) is 0. The summed E-state index contributed by atoms with van der Waals surface area (Å²) < 4.78 is 20.1. The van der Waals surface area contributed by atoms with Crippen molar-refractivity contribution in [1.82, 2.24) is 0 Å². The van der Waals surface area contributed by atoms with Gasteiger partial charge in [-0.05, 0) is 20.8 Å². The summed E-state index contributed by atoms with van der Waals surface area (Å²) in [7, 11) is -3.63. The normalized spacial score (nSPS) is 12.0. The molecule has 9 heteroatoms. The second-order valence-electron chi connectivity index (χ2n) is 2.61. The number of hydrogen-bond donors (Lipinski definition) is 1. The van der Waals surface area contributed by atoms with E-state index in [0.717, 1.165) is 0 Å². The van der Waals surface area contributed by atoms with E-state index in [2.05, 4.69) is 0 Å². The maximum Gasteiger partial charge on any atom is 0.764 e. The first kappa shape index (κ1) is 16.9. The first-order chi connectivity index (χ1) is 8.24. The molecule has 0 saturated carbocycles. The van der Waals surface area contributed by atoms with Crippen molar-refractivity contribution >= 4 is 9.05 Å². The summed E-state index contributed by atoms with van der Waals surface area (Å²) >= 11 is 0. The van der Waals surface area contributed by atoms with E-state index in [1.165, 1.54) is 0 Å². The Morgan fingerprint density at radius 2 is 1.24 bits per heavy atom. The molecule has 2 N–H and O–H groups in total. The summed E-state index contributed by atoms with van der Waals surface area (Å²) in [6.07, 6.45) is 0. The van der Waals surface area contributed by atoms with Crippen LogP contribution in [0.3, 0.4) is 0 Å². The molecule has 0 saturated heterocycles. The first-order valence-electron chi connectivity index (χ1n) is 5.50. The fourth-order valence-corrected chi connectivity index (χ4v) is 2.07. The molecule has 0 aromatic rings. The molecule has 0 aliphatic heterocycles. The predicted octanol–water partition coefficient (Wildman–Crippen LogP) is 0.302. The smallest absolute Gasteiger partial charge is 0.346 e. The maximum absolute atomic E-state index is 5.33. The van der Waals surface area contributed by atoms with Gasteiger partial charge in [-0.25, -0.2) is 14.7 Å². The molecule has 0 unspecified atom stereocenters. The van der Waals surface area contributed by atoms with Crippen molar-refractivity contribution in [3.63, 3.8) is 0 Å². The minimum absolute atomic E-state index is 0.166. The van der Waals surface area contributed by atoms with Crippen molar-refractivity contribution in [2.45, 2.75) is 20.8 Å². The van der Waals surface area contributed by atoms with Crippen molar-refractivity contribution in [2.24, 2.45) is 5.73 Å². The van der Waals surface area contributed by atoms with Gasteiger partial charge in [0.15, 0.2) is 0 Å². The van der Waals surface area contributed by atoms with Crippen LogP contribution in [-0.2, 0) is 32.8 Å². The van der Waals surface area contributed by atoms with Gasteiger partial charge in [-0.3, -0.25) is 0 Å². The van der Waals surface area contributed by atoms with E-state index in [0.29, 0.717) is 19.8 Å². The van der Waals surface area contributed by atoms with Crippen molar-refractivity contribution in [2.75, 3.05) is 33.0 Å². The summed E-state index contributed by atoms with van der Waals surface area (Å²) in [5.41, 5.74) is 5.33. The largest absolute Gasteiger partial charge is 0.764 e. The lowest BCUT2D eigenvalue weighted by Crippen LogP contribution is -2.50. The van der Waals surface area contributed by atoms with Gasteiger partial charge in [0.25, 0.3) is 0 Å². The molecule has 0 spiro atoms. The molecule has 0 fully saturated rings. The van der Waals surface area contributed by atoms with Gasteiger partial charge in [0.05, 0.1) is 26.4 Å². The van der Waals surface area contributed by atoms with Crippen LogP contribution in [0.25, 0.3) is 0 Å². The quantitative estimate of drug-likeness (QED) is 0.308. The molecular weight excluding hydrogens is 250 g/mol. The van der Waals surface area contributed by atoms with Gasteiger partial charge in [-0.2, -0.15) is 13.7 Å². The monoisotopic (exact) mass is 271 g/mol. The molecular formula is C8H21NO7Si. The number of nitrogens with two attached hydrogens (primary N) is 1. The maximum atomic E-state index is 5.33. The molecule has 0 rings (SSSR count). The molecule has 0 bridgehead atoms. The lowest BCUT2D eigenvalue weighted by molar-refractivity contribution is -0.385. The van der Waals surface area contributed by atoms with E-state index in [4.69, 9.17) is 38.6 Å². The fraction of sp³-hybridized carbons (Fsp3) is 1.00. The Kier molecular flexibility index (Phi) is 10.9. The van der Waals surface area contributed by atoms with Gasteiger partial charge in [0.1, 0.15) is 0 Å². The molecule has 0 aromatic carbocycles. The average Bonchev–Trinajstić information content (AvgIpc) is 2.37. The van der Waals surface area contributed by atoms with Crippen LogP contribution in [0.15, 0.2) is 0 Å². The van der Waals surface area contributed by atoms with E-state index in [-0.39, 0.29) is 13.2 Å². The molecule has 0 aromatic heterocycles. The van der Waals surface area contributed by atoms with E-state index in [1.807, 2.05) is 0 Å². The summed E-state index contributed by atoms with van der Waals surface area (Å²) in [4.78, 5) is 14.3. The Labute approximate surface area is 102 Å². The number of rotatable bonds is 12. The Balaban J connectivity index is 4.39. The molecule has 0 atom stereocenters. The Morgan fingerprint density at radius 1 is 0.824 bits per heavy atom. The van der Waals surface area contributed by atoms with Crippen molar-refractivity contribution in [3.05, 3.63) is 0 Å². The highest BCUT2D eigenvalue weighted by Gasteiger charge is 2.52. The molecule has 104 valence electrons. The SMILES string of the molecule is CCOO[Si](OCCN)(OOCC)OOCC. The highest BCUT2D eigenvalue weighted by Crippen LogP contribution is 2.13. The predicted molar refractivity (Wildman–Crippen MR) is 58.9 cm³/mol. The zero-order valence-electron chi connectivity index (χ0n) is 10.5. The molecule has 0 radical (unpaired) electrons. The van der Waals surface area contributed by atoms with Crippen LogP contribution in [0.4, 0.5) is 0 Å². The van der Waals surface area contributed by atoms with Crippen LogP contribution in [0.5, 0.6) is 0 Å². The minimum atomic E-state index is -3.63. The Morgan fingerprint density at radius 3 is 1.53 bits per heavy atom. The van der Waals surface area contributed by atoms with Crippen LogP contribution in [0.1, 0.15) is 20.8 Å². The average molecular weight is 271 g/mol. The summed E-state index contributed by atoms with van der Waals surface area (Å²) in [6.45, 7) is 6.55. The van der Waals surface area contributed by atoms with Crippen LogP contribution in [0.2, 0.25) is 0 Å². The second-order valence-corrected chi connectivity index (χ2v) is 4.40. The molecule has 0 amide bonds. The Hall–Kier alpha value is -0.103. The fourth-order valence-electron chi connectivity index (χ4n) is 0.691. The Bertz CT molecular complexity index is 136. The van der Waals surface area contributed by atoms with Crippen LogP contribution < -0.4 is 5.73 Å². The highest BCUT2D eigenvalue weighted by molar-refractivity contribution is 6.52. The third-order valence-corrected chi connectivity index (χ3v) is 2.76. The molecule has 0 heterocycles. The van der Waals surface area contributed by atoms with Crippen LogP contribution >= 0.6 is 0 Å². The molecule has 8 nitrogen and oxygen atoms in total. The lowest BCUT2D eigenvalue weighted by Gasteiger charge is -2.23. The third-order valence-electron chi connectivity index (χ3n) is 1.23. The zero-order chi connectivity index (χ0) is 13.0. The summed E-state index contributed by atoms with van der Waals surface area (Å²) in [6, 6.07) is 0. The molecule has 0 aliphatic carbocycles. The zero-order valence-corrected chi connectivity index (χ0v) is 11.5. The standard InChI is InChI=1S/C8H21NO7Si/c1-4-10-14-17(13-8-7-9,15-11-5-2)16-12-6-3/h4-9H2,1-3H3. The minimum Gasteiger partial charge on any atom is -0.346 e. The lowest BCUT2D eigenvalue weighted by atomic mass is 10.8. The van der Waals surface area contributed by atoms with Crippen LogP contribution in [0, 0.1) is 0 Å². The van der Waals surface area contributed by atoms with Gasteiger partial charge in [-0.15, -0.1) is 0 Å². The van der Waals surface area contributed by atoms with E-state index in [9.17, 15) is 0 Å². The van der Waals surface area contributed by atoms with E-state index < -0.39 is 9.05 Å². The van der Waals surface area contributed by atoms with E-state index >= 15 is 0 Å². The van der Waals surface area contributed by atoms with Gasteiger partial charge in [-0.1, -0.05) is 0 Å². The van der Waals surface area contributed by atoms with Gasteiger partial charge >= 0.3 is 9.05 Å². The van der Waals surface area contributed by atoms with Crippen molar-refractivity contribution < 1.29 is 32.8 Å². The van der Waals surface area contributed by atoms with Crippen molar-refractivity contribution in [3.8, 4) is 0 Å². The summed E-state index contributed by atoms with van der Waals surface area (Å²) in [5.74, 6) is 0.